The highest BCUT2D eigenvalue weighted by Crippen LogP contribution is 2.36. The molecule has 4 heteroatoms. The van der Waals surface area contributed by atoms with Gasteiger partial charge in [0.25, 0.3) is 0 Å². The minimum atomic E-state index is 0.230. The molecule has 0 spiro atoms. The molecule has 0 bridgehead atoms. The Morgan fingerprint density at radius 3 is 2.62 bits per heavy atom. The van der Waals surface area contributed by atoms with Crippen LogP contribution < -0.4 is 5.73 Å². The van der Waals surface area contributed by atoms with E-state index in [1.807, 2.05) is 12.4 Å². The van der Waals surface area contributed by atoms with Gasteiger partial charge in [0.15, 0.2) is 0 Å². The summed E-state index contributed by atoms with van der Waals surface area (Å²) in [6, 6.07) is 0. The SMILES string of the molecule is CCCN(CCc1nccn1C)C1(CN)CCC(C)CC1. The van der Waals surface area contributed by atoms with Gasteiger partial charge in [-0.25, -0.2) is 4.98 Å². The molecule has 0 amide bonds. The van der Waals surface area contributed by atoms with Crippen molar-refractivity contribution in [2.75, 3.05) is 19.6 Å². The quantitative estimate of drug-likeness (QED) is 0.840. The van der Waals surface area contributed by atoms with Crippen molar-refractivity contribution >= 4 is 0 Å². The molecule has 0 unspecified atom stereocenters. The van der Waals surface area contributed by atoms with Crippen LogP contribution in [-0.4, -0.2) is 39.6 Å². The van der Waals surface area contributed by atoms with Crippen LogP contribution in [-0.2, 0) is 13.5 Å². The van der Waals surface area contributed by atoms with Crippen LogP contribution in [0.25, 0.3) is 0 Å². The molecular formula is C17H32N4. The van der Waals surface area contributed by atoms with Crippen molar-refractivity contribution in [3.8, 4) is 0 Å². The number of aryl methyl sites for hydroxylation is 1. The molecule has 1 aromatic rings. The zero-order valence-electron chi connectivity index (χ0n) is 14.0. The molecule has 0 radical (unpaired) electrons. The summed E-state index contributed by atoms with van der Waals surface area (Å²) in [5, 5.41) is 0. The first-order chi connectivity index (χ1) is 10.1. The second kappa shape index (κ2) is 7.41. The van der Waals surface area contributed by atoms with Crippen LogP contribution in [0.1, 0.15) is 51.8 Å². The number of nitrogens with two attached hydrogens (primary N) is 1. The van der Waals surface area contributed by atoms with E-state index in [0.29, 0.717) is 0 Å². The minimum Gasteiger partial charge on any atom is -0.338 e. The summed E-state index contributed by atoms with van der Waals surface area (Å²) in [4.78, 5) is 7.12. The Balaban J connectivity index is 2.04. The molecule has 1 aliphatic rings. The van der Waals surface area contributed by atoms with Gasteiger partial charge in [-0.2, -0.15) is 0 Å². The molecule has 0 aliphatic heterocycles. The fourth-order valence-corrected chi connectivity index (χ4v) is 3.68. The number of imidazole rings is 1. The third-order valence-corrected chi connectivity index (χ3v) is 5.28. The van der Waals surface area contributed by atoms with Gasteiger partial charge in [0.2, 0.25) is 0 Å². The first kappa shape index (κ1) is 16.5. The Morgan fingerprint density at radius 2 is 2.10 bits per heavy atom. The Bertz CT molecular complexity index is 418. The normalized spacial score (nSPS) is 26.4. The van der Waals surface area contributed by atoms with Crippen LogP contribution in [0.4, 0.5) is 0 Å². The molecule has 4 nitrogen and oxygen atoms in total. The Kier molecular flexibility index (Phi) is 5.82. The van der Waals surface area contributed by atoms with E-state index in [1.54, 1.807) is 0 Å². The van der Waals surface area contributed by atoms with E-state index in [-0.39, 0.29) is 5.54 Å². The maximum atomic E-state index is 6.23. The predicted octanol–water partition coefficient (Wildman–Crippen LogP) is 2.58. The van der Waals surface area contributed by atoms with Crippen LogP contribution in [0.2, 0.25) is 0 Å². The van der Waals surface area contributed by atoms with Crippen molar-refractivity contribution < 1.29 is 0 Å². The highest BCUT2D eigenvalue weighted by Gasteiger charge is 2.37. The summed E-state index contributed by atoms with van der Waals surface area (Å²) in [5.74, 6) is 2.04. The molecule has 1 saturated carbocycles. The predicted molar refractivity (Wildman–Crippen MR) is 88.2 cm³/mol. The van der Waals surface area contributed by atoms with Crippen LogP contribution in [0.3, 0.4) is 0 Å². The summed E-state index contributed by atoms with van der Waals surface area (Å²) < 4.78 is 2.13. The maximum absolute atomic E-state index is 6.23. The average Bonchev–Trinajstić information content (AvgIpc) is 2.90. The molecule has 120 valence electrons. The maximum Gasteiger partial charge on any atom is 0.109 e. The standard InChI is InChI=1S/C17H32N4/c1-4-11-21(12-7-16-19-10-13-20(16)3)17(14-18)8-5-15(2)6-9-17/h10,13,15H,4-9,11-12,14,18H2,1-3H3. The van der Waals surface area contributed by atoms with Crippen LogP contribution in [0, 0.1) is 5.92 Å². The molecule has 21 heavy (non-hydrogen) atoms. The Hall–Kier alpha value is -0.870. The lowest BCUT2D eigenvalue weighted by molar-refractivity contribution is 0.0448. The van der Waals surface area contributed by atoms with Gasteiger partial charge >= 0.3 is 0 Å². The first-order valence-electron chi connectivity index (χ1n) is 8.52. The van der Waals surface area contributed by atoms with Gasteiger partial charge in [-0.3, -0.25) is 4.90 Å². The molecule has 2 N–H and O–H groups in total. The minimum absolute atomic E-state index is 0.230. The van der Waals surface area contributed by atoms with Crippen LogP contribution in [0.15, 0.2) is 12.4 Å². The molecule has 0 atom stereocenters. The molecule has 1 aliphatic carbocycles. The zero-order valence-corrected chi connectivity index (χ0v) is 14.0. The van der Waals surface area contributed by atoms with E-state index in [9.17, 15) is 0 Å². The largest absolute Gasteiger partial charge is 0.338 e. The third kappa shape index (κ3) is 3.86. The molecule has 1 aromatic heterocycles. The van der Waals surface area contributed by atoms with Gasteiger partial charge in [-0.1, -0.05) is 13.8 Å². The highest BCUT2D eigenvalue weighted by atomic mass is 15.2. The smallest absolute Gasteiger partial charge is 0.109 e. The highest BCUT2D eigenvalue weighted by molar-refractivity contribution is 4.98. The van der Waals surface area contributed by atoms with Gasteiger partial charge in [0, 0.05) is 44.5 Å². The second-order valence-electron chi connectivity index (χ2n) is 6.80. The monoisotopic (exact) mass is 292 g/mol. The fourth-order valence-electron chi connectivity index (χ4n) is 3.68. The van der Waals surface area contributed by atoms with Crippen molar-refractivity contribution in [2.24, 2.45) is 18.7 Å². The number of hydrogen-bond donors (Lipinski definition) is 1. The second-order valence-corrected chi connectivity index (χ2v) is 6.80. The van der Waals surface area contributed by atoms with E-state index in [2.05, 4.69) is 35.3 Å². The molecule has 0 saturated heterocycles. The summed E-state index contributed by atoms with van der Waals surface area (Å²) in [6.07, 6.45) is 11.3. The van der Waals surface area contributed by atoms with Gasteiger partial charge < -0.3 is 10.3 Å². The van der Waals surface area contributed by atoms with Gasteiger partial charge in [-0.15, -0.1) is 0 Å². The summed E-state index contributed by atoms with van der Waals surface area (Å²) >= 11 is 0. The van der Waals surface area contributed by atoms with Crippen molar-refractivity contribution in [3.63, 3.8) is 0 Å². The van der Waals surface area contributed by atoms with Crippen LogP contribution >= 0.6 is 0 Å². The first-order valence-corrected chi connectivity index (χ1v) is 8.52. The van der Waals surface area contributed by atoms with E-state index in [0.717, 1.165) is 32.0 Å². The average molecular weight is 292 g/mol. The zero-order chi connectivity index (χ0) is 15.3. The van der Waals surface area contributed by atoms with Gasteiger partial charge in [0.1, 0.15) is 5.82 Å². The number of aromatic nitrogens is 2. The van der Waals surface area contributed by atoms with Crippen molar-refractivity contribution in [1.82, 2.24) is 14.5 Å². The van der Waals surface area contributed by atoms with Gasteiger partial charge in [0.05, 0.1) is 0 Å². The molecule has 2 rings (SSSR count). The number of hydrogen-bond acceptors (Lipinski definition) is 3. The number of nitrogens with zero attached hydrogens (tertiary/aromatic N) is 3. The van der Waals surface area contributed by atoms with Crippen molar-refractivity contribution in [3.05, 3.63) is 18.2 Å². The Labute approximate surface area is 129 Å². The summed E-state index contributed by atoms with van der Waals surface area (Å²) in [5.41, 5.74) is 6.46. The lowest BCUT2D eigenvalue weighted by Gasteiger charge is -2.47. The topological polar surface area (TPSA) is 47.1 Å². The van der Waals surface area contributed by atoms with Crippen LogP contribution in [0.5, 0.6) is 0 Å². The Morgan fingerprint density at radius 1 is 1.38 bits per heavy atom. The van der Waals surface area contributed by atoms with E-state index in [4.69, 9.17) is 5.73 Å². The van der Waals surface area contributed by atoms with Crippen molar-refractivity contribution in [1.29, 1.82) is 0 Å². The van der Waals surface area contributed by atoms with E-state index >= 15 is 0 Å². The molecule has 0 aromatic carbocycles. The van der Waals surface area contributed by atoms with Gasteiger partial charge in [-0.05, 0) is 44.6 Å². The lowest BCUT2D eigenvalue weighted by Crippen LogP contribution is -2.56. The lowest BCUT2D eigenvalue weighted by atomic mass is 9.75. The molecule has 1 fully saturated rings. The third-order valence-electron chi connectivity index (χ3n) is 5.28. The summed E-state index contributed by atoms with van der Waals surface area (Å²) in [6.45, 7) is 7.66. The summed E-state index contributed by atoms with van der Waals surface area (Å²) in [7, 11) is 2.08. The molecule has 1 heterocycles. The molecular weight excluding hydrogens is 260 g/mol. The van der Waals surface area contributed by atoms with Crippen molar-refractivity contribution in [2.45, 2.75) is 57.9 Å². The van der Waals surface area contributed by atoms with E-state index < -0.39 is 0 Å². The van der Waals surface area contributed by atoms with E-state index in [1.165, 1.54) is 37.9 Å². The fraction of sp³-hybridized carbons (Fsp3) is 0.824. The number of rotatable bonds is 7.